The maximum Gasteiger partial charge on any atom is 0.416 e. The molecule has 0 saturated heterocycles. The fourth-order valence-electron chi connectivity index (χ4n) is 4.33. The van der Waals surface area contributed by atoms with Crippen molar-refractivity contribution >= 4 is 35.5 Å². The fraction of sp³-hybridized carbons (Fsp3) is 0.312. The molecule has 3 amide bonds. The van der Waals surface area contributed by atoms with Crippen LogP contribution in [0.15, 0.2) is 60.3 Å². The number of carbonyl (C=O) groups is 3. The molecule has 10 nitrogen and oxygen atoms in total. The number of pyridine rings is 1. The summed E-state index contributed by atoms with van der Waals surface area (Å²) in [4.78, 5) is 41.3. The van der Waals surface area contributed by atoms with Crippen LogP contribution in [0.5, 0.6) is 17.2 Å². The van der Waals surface area contributed by atoms with Crippen molar-refractivity contribution in [2.45, 2.75) is 51.9 Å². The van der Waals surface area contributed by atoms with Gasteiger partial charge in [0.2, 0.25) is 5.91 Å². The number of rotatable bonds is 8. The van der Waals surface area contributed by atoms with Crippen LogP contribution in [0.1, 0.15) is 50.3 Å². The Bertz CT molecular complexity index is 1660. The molecule has 2 aliphatic rings. The van der Waals surface area contributed by atoms with Crippen molar-refractivity contribution in [3.05, 3.63) is 77.0 Å². The van der Waals surface area contributed by atoms with Gasteiger partial charge in [-0.2, -0.15) is 13.2 Å². The molecule has 3 N–H and O–H groups in total. The van der Waals surface area contributed by atoms with Gasteiger partial charge in [-0.1, -0.05) is 0 Å². The quantitative estimate of drug-likeness (QED) is 0.255. The van der Waals surface area contributed by atoms with Gasteiger partial charge in [-0.05, 0) is 87.7 Å². The topological polar surface area (TPSA) is 128 Å². The molecule has 0 spiro atoms. The highest BCUT2D eigenvalue weighted by atomic mass is 19.4. The van der Waals surface area contributed by atoms with E-state index in [1.165, 1.54) is 12.3 Å². The Kier molecular flexibility index (Phi) is 8.71. The molecule has 1 fully saturated rings. The SMILES string of the molecule is CC(C)(C)OC(=O)NCc1cc(NC(=O)C2=Cc3cc(Oc4ccnc(NC(=O)C5CC5)c4)ccc3OC2)cc(C(F)(F)F)c1. The van der Waals surface area contributed by atoms with Crippen molar-refractivity contribution in [3.8, 4) is 17.2 Å². The second-order valence-corrected chi connectivity index (χ2v) is 11.6. The first-order chi connectivity index (χ1) is 21.2. The third kappa shape index (κ3) is 8.74. The number of halogens is 3. The lowest BCUT2D eigenvalue weighted by Crippen LogP contribution is -2.32. The number of alkyl halides is 3. The maximum absolute atomic E-state index is 13.6. The van der Waals surface area contributed by atoms with Crippen molar-refractivity contribution in [2.24, 2.45) is 5.92 Å². The van der Waals surface area contributed by atoms with E-state index in [2.05, 4.69) is 20.9 Å². The summed E-state index contributed by atoms with van der Waals surface area (Å²) in [5.41, 5.74) is -1.09. The highest BCUT2D eigenvalue weighted by Gasteiger charge is 2.32. The number of aromatic nitrogens is 1. The zero-order valence-corrected chi connectivity index (χ0v) is 24.7. The van der Waals surface area contributed by atoms with Crippen molar-refractivity contribution in [1.82, 2.24) is 10.3 Å². The van der Waals surface area contributed by atoms with Crippen molar-refractivity contribution in [3.63, 3.8) is 0 Å². The van der Waals surface area contributed by atoms with Crippen LogP contribution in [0.25, 0.3) is 6.08 Å². The van der Waals surface area contributed by atoms with Crippen LogP contribution in [0.2, 0.25) is 0 Å². The minimum Gasteiger partial charge on any atom is -0.488 e. The molecule has 13 heteroatoms. The average molecular weight is 625 g/mol. The third-order valence-electron chi connectivity index (χ3n) is 6.57. The van der Waals surface area contributed by atoms with Gasteiger partial charge < -0.3 is 30.2 Å². The lowest BCUT2D eigenvalue weighted by atomic mass is 10.1. The van der Waals surface area contributed by atoms with Gasteiger partial charge in [0.05, 0.1) is 11.1 Å². The predicted octanol–water partition coefficient (Wildman–Crippen LogP) is 6.68. The molecular weight excluding hydrogens is 593 g/mol. The minimum atomic E-state index is -4.69. The van der Waals surface area contributed by atoms with E-state index in [1.54, 1.807) is 57.2 Å². The van der Waals surface area contributed by atoms with Gasteiger partial charge in [-0.25, -0.2) is 9.78 Å². The van der Waals surface area contributed by atoms with E-state index in [-0.39, 0.29) is 41.8 Å². The van der Waals surface area contributed by atoms with Crippen LogP contribution in [0, 0.1) is 5.92 Å². The van der Waals surface area contributed by atoms with E-state index in [0.717, 1.165) is 25.0 Å². The summed E-state index contributed by atoms with van der Waals surface area (Å²) in [6.45, 7) is 4.62. The molecule has 1 aromatic heterocycles. The Morgan fingerprint density at radius 3 is 2.44 bits per heavy atom. The fourth-order valence-corrected chi connectivity index (χ4v) is 4.33. The molecule has 1 aliphatic carbocycles. The lowest BCUT2D eigenvalue weighted by molar-refractivity contribution is -0.137. The highest BCUT2D eigenvalue weighted by Crippen LogP contribution is 2.35. The summed E-state index contributed by atoms with van der Waals surface area (Å²) < 4.78 is 57.7. The number of hydrogen-bond acceptors (Lipinski definition) is 7. The number of ether oxygens (including phenoxy) is 3. The van der Waals surface area contributed by atoms with Gasteiger partial charge in [0.15, 0.2) is 0 Å². The first-order valence-corrected chi connectivity index (χ1v) is 14.1. The second-order valence-electron chi connectivity index (χ2n) is 11.6. The second kappa shape index (κ2) is 12.5. The summed E-state index contributed by atoms with van der Waals surface area (Å²) >= 11 is 0. The number of amides is 3. The monoisotopic (exact) mass is 624 g/mol. The van der Waals surface area contributed by atoms with Gasteiger partial charge in [0.1, 0.15) is 35.3 Å². The van der Waals surface area contributed by atoms with Crippen LogP contribution >= 0.6 is 0 Å². The van der Waals surface area contributed by atoms with Gasteiger partial charge >= 0.3 is 12.3 Å². The van der Waals surface area contributed by atoms with Crippen LogP contribution in [-0.4, -0.2) is 35.1 Å². The molecule has 0 unspecified atom stereocenters. The van der Waals surface area contributed by atoms with Crippen LogP contribution in [0.3, 0.4) is 0 Å². The Morgan fingerprint density at radius 2 is 1.73 bits per heavy atom. The molecular formula is C32H31F3N4O6. The molecule has 3 aromatic rings. The molecule has 2 heterocycles. The van der Waals surface area contributed by atoms with E-state index in [1.807, 2.05) is 0 Å². The summed E-state index contributed by atoms with van der Waals surface area (Å²) in [5.74, 6) is 0.968. The minimum absolute atomic E-state index is 0.0204. The summed E-state index contributed by atoms with van der Waals surface area (Å²) in [6.07, 6.45) is -0.686. The van der Waals surface area contributed by atoms with E-state index in [0.29, 0.717) is 28.6 Å². The van der Waals surface area contributed by atoms with Crippen molar-refractivity contribution in [1.29, 1.82) is 0 Å². The Labute approximate surface area is 257 Å². The Hall–Kier alpha value is -5.07. The summed E-state index contributed by atoms with van der Waals surface area (Å²) in [6, 6.07) is 11.3. The average Bonchev–Trinajstić information content (AvgIpc) is 3.80. The van der Waals surface area contributed by atoms with Gasteiger partial charge in [0, 0.05) is 36.0 Å². The number of carbonyl (C=O) groups excluding carboxylic acids is 3. The Balaban J connectivity index is 1.29. The summed E-state index contributed by atoms with van der Waals surface area (Å²) in [7, 11) is 0. The molecule has 1 saturated carbocycles. The molecule has 2 aromatic carbocycles. The number of nitrogens with zero attached hydrogens (tertiary/aromatic N) is 1. The number of anilines is 2. The van der Waals surface area contributed by atoms with Crippen LogP contribution in [0.4, 0.5) is 29.5 Å². The maximum atomic E-state index is 13.6. The van der Waals surface area contributed by atoms with Crippen molar-refractivity contribution < 1.29 is 41.8 Å². The largest absolute Gasteiger partial charge is 0.488 e. The molecule has 236 valence electrons. The normalized spacial score (nSPS) is 14.3. The third-order valence-corrected chi connectivity index (χ3v) is 6.57. The molecule has 5 rings (SSSR count). The Morgan fingerprint density at radius 1 is 0.978 bits per heavy atom. The first kappa shape index (κ1) is 31.4. The zero-order chi connectivity index (χ0) is 32.4. The number of fused-ring (bicyclic) bond motifs is 1. The van der Waals surface area contributed by atoms with Gasteiger partial charge in [-0.15, -0.1) is 0 Å². The van der Waals surface area contributed by atoms with Crippen molar-refractivity contribution in [2.75, 3.05) is 17.2 Å². The zero-order valence-electron chi connectivity index (χ0n) is 24.7. The smallest absolute Gasteiger partial charge is 0.416 e. The van der Waals surface area contributed by atoms with Gasteiger partial charge in [0.25, 0.3) is 5.91 Å². The predicted molar refractivity (Wildman–Crippen MR) is 159 cm³/mol. The number of benzene rings is 2. The molecule has 0 radical (unpaired) electrons. The highest BCUT2D eigenvalue weighted by molar-refractivity contribution is 6.07. The van der Waals surface area contributed by atoms with Crippen LogP contribution in [-0.2, 0) is 27.0 Å². The van der Waals surface area contributed by atoms with Gasteiger partial charge in [-0.3, -0.25) is 9.59 Å². The summed E-state index contributed by atoms with van der Waals surface area (Å²) in [5, 5.41) is 7.69. The van der Waals surface area contributed by atoms with E-state index in [4.69, 9.17) is 14.2 Å². The lowest BCUT2D eigenvalue weighted by Gasteiger charge is -2.20. The number of alkyl carbamates (subject to hydrolysis) is 1. The van der Waals surface area contributed by atoms with E-state index in [9.17, 15) is 27.6 Å². The van der Waals surface area contributed by atoms with E-state index < -0.39 is 29.3 Å². The van der Waals surface area contributed by atoms with E-state index >= 15 is 0 Å². The molecule has 1 aliphatic heterocycles. The number of nitrogens with one attached hydrogen (secondary N) is 3. The molecule has 0 atom stereocenters. The first-order valence-electron chi connectivity index (χ1n) is 14.1. The molecule has 0 bridgehead atoms. The molecule has 45 heavy (non-hydrogen) atoms. The number of hydrogen-bond donors (Lipinski definition) is 3. The standard InChI is InChI=1S/C32H31F3N4O6/c1-31(2,3)45-30(42)37-16-18-10-22(32(33,34)35)14-23(11-18)38-29(41)21-12-20-13-24(6-7-26(20)43-17-21)44-25-8-9-36-27(15-25)39-28(40)19-4-5-19/h6-15,19H,4-5,16-17H2,1-3H3,(H,37,42)(H,38,41)(H,36,39,40). The van der Waals surface area contributed by atoms with Crippen LogP contribution < -0.4 is 25.4 Å².